The van der Waals surface area contributed by atoms with Gasteiger partial charge in [-0.1, -0.05) is 12.1 Å². The number of aromatic nitrogens is 3. The summed E-state index contributed by atoms with van der Waals surface area (Å²) in [6, 6.07) is 7.35. The molecule has 0 spiro atoms. The van der Waals surface area contributed by atoms with Gasteiger partial charge in [0.25, 0.3) is 5.91 Å². The summed E-state index contributed by atoms with van der Waals surface area (Å²) in [5.41, 5.74) is 1.39. The molecule has 0 unspecified atom stereocenters. The SMILES string of the molecule is CCNc1ccccc1C(=O)Nc1ncnn1C. The van der Waals surface area contributed by atoms with Crippen molar-refractivity contribution in [1.29, 1.82) is 0 Å². The maximum absolute atomic E-state index is 12.1. The molecule has 0 aliphatic rings. The van der Waals surface area contributed by atoms with E-state index in [0.717, 1.165) is 12.2 Å². The van der Waals surface area contributed by atoms with Gasteiger partial charge in [-0.25, -0.2) is 4.68 Å². The molecule has 0 aliphatic carbocycles. The lowest BCUT2D eigenvalue weighted by molar-refractivity contribution is 0.102. The molecular formula is C12H15N5O. The fourth-order valence-electron chi connectivity index (χ4n) is 1.60. The van der Waals surface area contributed by atoms with Crippen molar-refractivity contribution in [3.63, 3.8) is 0 Å². The van der Waals surface area contributed by atoms with E-state index < -0.39 is 0 Å². The van der Waals surface area contributed by atoms with Crippen LogP contribution < -0.4 is 10.6 Å². The van der Waals surface area contributed by atoms with Crippen LogP contribution in [0.3, 0.4) is 0 Å². The van der Waals surface area contributed by atoms with E-state index >= 15 is 0 Å². The highest BCUT2D eigenvalue weighted by Gasteiger charge is 2.12. The van der Waals surface area contributed by atoms with Crippen molar-refractivity contribution >= 4 is 17.5 Å². The van der Waals surface area contributed by atoms with Gasteiger partial charge in [-0.15, -0.1) is 0 Å². The summed E-state index contributed by atoms with van der Waals surface area (Å²) in [4.78, 5) is 16.1. The summed E-state index contributed by atoms with van der Waals surface area (Å²) in [6.07, 6.45) is 1.39. The lowest BCUT2D eigenvalue weighted by Crippen LogP contribution is -2.17. The standard InChI is InChI=1S/C12H15N5O/c1-3-13-10-7-5-4-6-9(10)11(18)16-12-14-8-15-17(12)2/h4-8,13H,3H2,1-2H3,(H,14,15,16,18). The number of rotatable bonds is 4. The third-order valence-electron chi connectivity index (χ3n) is 2.48. The maximum atomic E-state index is 12.1. The van der Waals surface area contributed by atoms with Crippen LogP contribution in [0.4, 0.5) is 11.6 Å². The molecule has 0 saturated carbocycles. The van der Waals surface area contributed by atoms with Crippen molar-refractivity contribution in [3.8, 4) is 0 Å². The molecule has 0 radical (unpaired) electrons. The number of benzene rings is 1. The van der Waals surface area contributed by atoms with E-state index in [1.54, 1.807) is 13.1 Å². The Labute approximate surface area is 105 Å². The third kappa shape index (κ3) is 2.48. The molecular weight excluding hydrogens is 230 g/mol. The Morgan fingerprint density at radius 1 is 1.39 bits per heavy atom. The van der Waals surface area contributed by atoms with Gasteiger partial charge in [0.1, 0.15) is 6.33 Å². The van der Waals surface area contributed by atoms with Crippen molar-refractivity contribution in [3.05, 3.63) is 36.2 Å². The van der Waals surface area contributed by atoms with Crippen LogP contribution in [0, 0.1) is 0 Å². The van der Waals surface area contributed by atoms with Gasteiger partial charge in [0.2, 0.25) is 5.95 Å². The lowest BCUT2D eigenvalue weighted by atomic mass is 10.1. The zero-order valence-corrected chi connectivity index (χ0v) is 10.3. The summed E-state index contributed by atoms with van der Waals surface area (Å²) in [6.45, 7) is 2.74. The predicted octanol–water partition coefficient (Wildman–Crippen LogP) is 1.50. The zero-order chi connectivity index (χ0) is 13.0. The summed E-state index contributed by atoms with van der Waals surface area (Å²) in [5.74, 6) is 0.217. The predicted molar refractivity (Wildman–Crippen MR) is 69.6 cm³/mol. The van der Waals surface area contributed by atoms with E-state index in [2.05, 4.69) is 20.7 Å². The van der Waals surface area contributed by atoms with Crippen LogP contribution in [0.25, 0.3) is 0 Å². The molecule has 0 fully saturated rings. The number of carbonyl (C=O) groups excluding carboxylic acids is 1. The highest BCUT2D eigenvalue weighted by Crippen LogP contribution is 2.16. The van der Waals surface area contributed by atoms with E-state index in [1.165, 1.54) is 11.0 Å². The van der Waals surface area contributed by atoms with Gasteiger partial charge in [-0.2, -0.15) is 10.1 Å². The van der Waals surface area contributed by atoms with E-state index in [-0.39, 0.29) is 5.91 Å². The fraction of sp³-hybridized carbons (Fsp3) is 0.250. The number of carbonyl (C=O) groups is 1. The van der Waals surface area contributed by atoms with E-state index in [1.807, 2.05) is 25.1 Å². The van der Waals surface area contributed by atoms with Gasteiger partial charge < -0.3 is 5.32 Å². The zero-order valence-electron chi connectivity index (χ0n) is 10.3. The summed E-state index contributed by atoms with van der Waals surface area (Å²) >= 11 is 0. The summed E-state index contributed by atoms with van der Waals surface area (Å²) in [7, 11) is 1.72. The van der Waals surface area contributed by atoms with Gasteiger partial charge in [-0.3, -0.25) is 10.1 Å². The highest BCUT2D eigenvalue weighted by molar-refractivity contribution is 6.07. The molecule has 1 amide bonds. The quantitative estimate of drug-likeness (QED) is 0.856. The Balaban J connectivity index is 2.21. The van der Waals surface area contributed by atoms with Crippen LogP contribution in [-0.2, 0) is 7.05 Å². The van der Waals surface area contributed by atoms with Crippen LogP contribution in [-0.4, -0.2) is 27.2 Å². The minimum absolute atomic E-state index is 0.206. The van der Waals surface area contributed by atoms with Gasteiger partial charge >= 0.3 is 0 Å². The normalized spacial score (nSPS) is 10.1. The van der Waals surface area contributed by atoms with Gasteiger partial charge in [-0.05, 0) is 19.1 Å². The van der Waals surface area contributed by atoms with Crippen LogP contribution in [0.5, 0.6) is 0 Å². The maximum Gasteiger partial charge on any atom is 0.260 e. The van der Waals surface area contributed by atoms with Crippen LogP contribution in [0.2, 0.25) is 0 Å². The molecule has 0 atom stereocenters. The number of hydrogen-bond donors (Lipinski definition) is 2. The molecule has 1 heterocycles. The molecule has 0 saturated heterocycles. The molecule has 0 aliphatic heterocycles. The Kier molecular flexibility index (Phi) is 3.57. The summed E-state index contributed by atoms with van der Waals surface area (Å²) in [5, 5.41) is 9.76. The smallest absolute Gasteiger partial charge is 0.260 e. The van der Waals surface area contributed by atoms with E-state index in [4.69, 9.17) is 0 Å². The topological polar surface area (TPSA) is 71.8 Å². The number of amides is 1. The van der Waals surface area contributed by atoms with Crippen molar-refractivity contribution < 1.29 is 4.79 Å². The van der Waals surface area contributed by atoms with Crippen LogP contribution in [0.15, 0.2) is 30.6 Å². The van der Waals surface area contributed by atoms with E-state index in [9.17, 15) is 4.79 Å². The largest absolute Gasteiger partial charge is 0.385 e. The highest BCUT2D eigenvalue weighted by atomic mass is 16.1. The molecule has 6 nitrogen and oxygen atoms in total. The second-order valence-electron chi connectivity index (χ2n) is 3.74. The first-order chi connectivity index (χ1) is 8.72. The number of aryl methyl sites for hydroxylation is 1. The Morgan fingerprint density at radius 2 is 2.17 bits per heavy atom. The molecule has 18 heavy (non-hydrogen) atoms. The fourth-order valence-corrected chi connectivity index (χ4v) is 1.60. The van der Waals surface area contributed by atoms with Gasteiger partial charge in [0.05, 0.1) is 5.56 Å². The second-order valence-corrected chi connectivity index (χ2v) is 3.74. The molecule has 1 aromatic carbocycles. The molecule has 0 bridgehead atoms. The monoisotopic (exact) mass is 245 g/mol. The molecule has 2 rings (SSSR count). The van der Waals surface area contributed by atoms with Crippen molar-refractivity contribution in [2.24, 2.45) is 7.05 Å². The van der Waals surface area contributed by atoms with Crippen molar-refractivity contribution in [2.75, 3.05) is 17.2 Å². The minimum Gasteiger partial charge on any atom is -0.385 e. The lowest BCUT2D eigenvalue weighted by Gasteiger charge is -2.10. The van der Waals surface area contributed by atoms with Gasteiger partial charge in [0, 0.05) is 19.3 Å². The molecule has 94 valence electrons. The second kappa shape index (κ2) is 5.31. The number of nitrogens with one attached hydrogen (secondary N) is 2. The minimum atomic E-state index is -0.206. The first-order valence-corrected chi connectivity index (χ1v) is 5.70. The van der Waals surface area contributed by atoms with Crippen LogP contribution in [0.1, 0.15) is 17.3 Å². The first-order valence-electron chi connectivity index (χ1n) is 5.70. The average Bonchev–Trinajstić information content (AvgIpc) is 2.76. The van der Waals surface area contributed by atoms with Crippen molar-refractivity contribution in [2.45, 2.75) is 6.92 Å². The van der Waals surface area contributed by atoms with Crippen LogP contribution >= 0.6 is 0 Å². The number of nitrogens with zero attached hydrogens (tertiary/aromatic N) is 3. The third-order valence-corrected chi connectivity index (χ3v) is 2.48. The molecule has 6 heteroatoms. The Bertz CT molecular complexity index is 549. The van der Waals surface area contributed by atoms with E-state index in [0.29, 0.717) is 11.5 Å². The Hall–Kier alpha value is -2.37. The molecule has 1 aromatic heterocycles. The Morgan fingerprint density at radius 3 is 2.83 bits per heavy atom. The first kappa shape index (κ1) is 12.1. The summed E-state index contributed by atoms with van der Waals surface area (Å²) < 4.78 is 1.51. The average molecular weight is 245 g/mol. The molecule has 2 N–H and O–H groups in total. The number of para-hydroxylation sites is 1. The van der Waals surface area contributed by atoms with Crippen molar-refractivity contribution in [1.82, 2.24) is 14.8 Å². The number of hydrogen-bond acceptors (Lipinski definition) is 4. The number of anilines is 2. The van der Waals surface area contributed by atoms with Gasteiger partial charge in [0.15, 0.2) is 0 Å². The molecule has 2 aromatic rings.